The zero-order chi connectivity index (χ0) is 21.8. The second kappa shape index (κ2) is 13.1. The number of nitrogens with zero attached hydrogens (tertiary/aromatic N) is 1. The molecule has 1 aliphatic carbocycles. The number of fused-ring (bicyclic) bond motifs is 2. The summed E-state index contributed by atoms with van der Waals surface area (Å²) in [5, 5.41) is 3.99. The van der Waals surface area contributed by atoms with E-state index in [2.05, 4.69) is 32.2 Å². The first kappa shape index (κ1) is 24.0. The molecule has 0 aliphatic heterocycles. The summed E-state index contributed by atoms with van der Waals surface area (Å²) in [6, 6.07) is 16.2. The third kappa shape index (κ3) is 8.25. The number of pyridine rings is 1. The van der Waals surface area contributed by atoms with Crippen molar-refractivity contribution < 1.29 is 4.79 Å². The van der Waals surface area contributed by atoms with Crippen molar-refractivity contribution in [2.45, 2.75) is 52.9 Å². The topological polar surface area (TPSA) is 68.0 Å². The number of hydrogen-bond donors (Lipinski definition) is 2. The maximum absolute atomic E-state index is 12.0. The number of nitrogens with two attached hydrogens (primary N) is 1. The molecule has 4 rings (SSSR count). The van der Waals surface area contributed by atoms with Crippen LogP contribution in [0.15, 0.2) is 48.5 Å². The third-order valence-corrected chi connectivity index (χ3v) is 5.39. The van der Waals surface area contributed by atoms with Crippen molar-refractivity contribution in [2.75, 3.05) is 13.1 Å². The molecule has 2 heterocycles. The number of aryl methyl sites for hydroxylation is 2. The Morgan fingerprint density at radius 3 is 2.27 bits per heavy atom. The van der Waals surface area contributed by atoms with E-state index in [1.807, 2.05) is 42.5 Å². The van der Waals surface area contributed by atoms with Gasteiger partial charge in [0.2, 0.25) is 0 Å². The van der Waals surface area contributed by atoms with E-state index in [0.29, 0.717) is 13.1 Å². The molecule has 3 N–H and O–H groups in total. The van der Waals surface area contributed by atoms with Crippen LogP contribution in [0.2, 0.25) is 0 Å². The van der Waals surface area contributed by atoms with Crippen molar-refractivity contribution in [2.24, 2.45) is 11.7 Å². The summed E-state index contributed by atoms with van der Waals surface area (Å²) >= 11 is 1.48. The average Bonchev–Trinajstić information content (AvgIpc) is 3.16. The Kier molecular flexibility index (Phi) is 10.5. The summed E-state index contributed by atoms with van der Waals surface area (Å²) in [4.78, 5) is 18.5. The van der Waals surface area contributed by atoms with Gasteiger partial charge in [0.15, 0.2) is 0 Å². The number of benzene rings is 1. The predicted octanol–water partition coefficient (Wildman–Crippen LogP) is 5.60. The second-order valence-electron chi connectivity index (χ2n) is 8.09. The minimum atomic E-state index is -0.0144. The first-order chi connectivity index (χ1) is 14.5. The molecule has 0 spiro atoms. The minimum Gasteiger partial charge on any atom is -0.351 e. The molecule has 162 valence electrons. The Hall–Kier alpha value is -2.24. The van der Waals surface area contributed by atoms with E-state index in [-0.39, 0.29) is 5.91 Å². The smallest absolute Gasteiger partial charge is 0.261 e. The van der Waals surface area contributed by atoms with Crippen LogP contribution < -0.4 is 11.1 Å². The largest absolute Gasteiger partial charge is 0.351 e. The molecule has 0 saturated carbocycles. The van der Waals surface area contributed by atoms with Crippen LogP contribution in [0.4, 0.5) is 0 Å². The molecule has 1 aromatic carbocycles. The number of carbonyl (C=O) groups excluding carboxylic acids is 1. The Labute approximate surface area is 184 Å². The molecule has 30 heavy (non-hydrogen) atoms. The number of thiophene rings is 1. The molecule has 0 atom stereocenters. The quantitative estimate of drug-likeness (QED) is 0.534. The summed E-state index contributed by atoms with van der Waals surface area (Å²) in [5.41, 5.74) is 8.01. The molecule has 5 heteroatoms. The number of carbonyl (C=O) groups is 1. The highest BCUT2D eigenvalue weighted by molar-refractivity contribution is 7.20. The SMILES string of the molecule is CC(C)C.NCCCNC(=O)c1cc2cc3c(nc2s1)CCCC3.c1ccccc1. The van der Waals surface area contributed by atoms with Crippen LogP contribution in [-0.2, 0) is 12.8 Å². The molecule has 4 nitrogen and oxygen atoms in total. The molecule has 1 amide bonds. The molecule has 0 saturated heterocycles. The van der Waals surface area contributed by atoms with Crippen molar-refractivity contribution in [3.63, 3.8) is 0 Å². The Morgan fingerprint density at radius 1 is 1.07 bits per heavy atom. The fraction of sp³-hybridized carbons (Fsp3) is 0.440. The highest BCUT2D eigenvalue weighted by Gasteiger charge is 2.15. The molecule has 3 aromatic rings. The Bertz CT molecular complexity index is 818. The van der Waals surface area contributed by atoms with E-state index < -0.39 is 0 Å². The van der Waals surface area contributed by atoms with Crippen LogP contribution in [0.1, 0.15) is 61.0 Å². The Balaban J connectivity index is 0.000000265. The average molecular weight is 426 g/mol. The van der Waals surface area contributed by atoms with Gasteiger partial charge < -0.3 is 11.1 Å². The first-order valence-corrected chi connectivity index (χ1v) is 11.7. The first-order valence-electron chi connectivity index (χ1n) is 10.9. The normalized spacial score (nSPS) is 12.3. The summed E-state index contributed by atoms with van der Waals surface area (Å²) in [5.74, 6) is 0.819. The van der Waals surface area contributed by atoms with E-state index in [0.717, 1.165) is 40.3 Å². The summed E-state index contributed by atoms with van der Waals surface area (Å²) in [6.45, 7) is 7.73. The number of aromatic nitrogens is 1. The van der Waals surface area contributed by atoms with Crippen molar-refractivity contribution in [1.29, 1.82) is 0 Å². The predicted molar refractivity (Wildman–Crippen MR) is 129 cm³/mol. The van der Waals surface area contributed by atoms with Crippen LogP contribution in [0.3, 0.4) is 0 Å². The van der Waals surface area contributed by atoms with Gasteiger partial charge in [0, 0.05) is 17.6 Å². The van der Waals surface area contributed by atoms with Crippen LogP contribution >= 0.6 is 11.3 Å². The molecule has 0 bridgehead atoms. The Morgan fingerprint density at radius 2 is 1.67 bits per heavy atom. The number of amides is 1. The monoisotopic (exact) mass is 425 g/mol. The summed E-state index contributed by atoms with van der Waals surface area (Å²) < 4.78 is 0. The fourth-order valence-corrected chi connectivity index (χ4v) is 3.93. The number of rotatable bonds is 4. The van der Waals surface area contributed by atoms with Gasteiger partial charge in [-0.2, -0.15) is 0 Å². The van der Waals surface area contributed by atoms with Crippen LogP contribution in [-0.4, -0.2) is 24.0 Å². The van der Waals surface area contributed by atoms with Gasteiger partial charge in [0.1, 0.15) is 4.83 Å². The van der Waals surface area contributed by atoms with Gasteiger partial charge in [0.25, 0.3) is 5.91 Å². The van der Waals surface area contributed by atoms with E-state index >= 15 is 0 Å². The minimum absolute atomic E-state index is 0.0144. The lowest BCUT2D eigenvalue weighted by molar-refractivity contribution is 0.0957. The fourth-order valence-electron chi connectivity index (χ4n) is 2.98. The lowest BCUT2D eigenvalue weighted by Crippen LogP contribution is -2.25. The van der Waals surface area contributed by atoms with Crippen LogP contribution in [0.25, 0.3) is 10.2 Å². The molecule has 0 unspecified atom stereocenters. The van der Waals surface area contributed by atoms with E-state index in [4.69, 9.17) is 10.7 Å². The van der Waals surface area contributed by atoms with Gasteiger partial charge in [-0.1, -0.05) is 57.2 Å². The lowest BCUT2D eigenvalue weighted by Gasteiger charge is -2.13. The standard InChI is InChI=1S/C15H19N3OS.C6H6.C4H10/c16-6-3-7-17-14(19)13-9-11-8-10-4-1-2-5-12(10)18-15(11)20-13;1-2-4-6-5-3-1;1-4(2)3/h8-9H,1-7,16H2,(H,17,19);1-6H;4H,1-3H3. The number of nitrogens with one attached hydrogen (secondary N) is 1. The molecule has 2 aromatic heterocycles. The molecule has 0 radical (unpaired) electrons. The summed E-state index contributed by atoms with van der Waals surface area (Å²) in [7, 11) is 0. The van der Waals surface area contributed by atoms with Crippen molar-refractivity contribution in [1.82, 2.24) is 10.3 Å². The molecular formula is C25H35N3OS. The lowest BCUT2D eigenvalue weighted by atomic mass is 9.96. The molecule has 0 fully saturated rings. The van der Waals surface area contributed by atoms with Gasteiger partial charge in [0.05, 0.1) is 4.88 Å². The van der Waals surface area contributed by atoms with E-state index in [9.17, 15) is 4.79 Å². The van der Waals surface area contributed by atoms with Crippen molar-refractivity contribution >= 4 is 27.5 Å². The van der Waals surface area contributed by atoms with Gasteiger partial charge in [-0.3, -0.25) is 4.79 Å². The maximum Gasteiger partial charge on any atom is 0.261 e. The van der Waals surface area contributed by atoms with Gasteiger partial charge in [-0.25, -0.2) is 4.98 Å². The zero-order valence-corrected chi connectivity index (χ0v) is 19.3. The molecular weight excluding hydrogens is 390 g/mol. The maximum atomic E-state index is 12.0. The molecule has 1 aliphatic rings. The second-order valence-corrected chi connectivity index (χ2v) is 9.12. The highest BCUT2D eigenvalue weighted by atomic mass is 32.1. The van der Waals surface area contributed by atoms with E-state index in [1.165, 1.54) is 35.4 Å². The van der Waals surface area contributed by atoms with Crippen LogP contribution in [0, 0.1) is 5.92 Å². The van der Waals surface area contributed by atoms with Gasteiger partial charge >= 0.3 is 0 Å². The highest BCUT2D eigenvalue weighted by Crippen LogP contribution is 2.29. The van der Waals surface area contributed by atoms with Crippen LogP contribution in [0.5, 0.6) is 0 Å². The zero-order valence-electron chi connectivity index (χ0n) is 18.5. The number of hydrogen-bond acceptors (Lipinski definition) is 4. The summed E-state index contributed by atoms with van der Waals surface area (Å²) in [6.07, 6.45) is 5.47. The van der Waals surface area contributed by atoms with Gasteiger partial charge in [-0.05, 0) is 62.3 Å². The third-order valence-electron chi connectivity index (χ3n) is 4.34. The van der Waals surface area contributed by atoms with Gasteiger partial charge in [-0.15, -0.1) is 11.3 Å². The van der Waals surface area contributed by atoms with E-state index in [1.54, 1.807) is 0 Å². The van der Waals surface area contributed by atoms with Crippen molar-refractivity contribution in [3.8, 4) is 0 Å². The van der Waals surface area contributed by atoms with Crippen molar-refractivity contribution in [3.05, 3.63) is 64.7 Å².